The third-order valence-electron chi connectivity index (χ3n) is 5.93. The Morgan fingerprint density at radius 3 is 2.34 bits per heavy atom. The van der Waals surface area contributed by atoms with Crippen molar-refractivity contribution in [1.82, 2.24) is 15.5 Å². The first-order valence-corrected chi connectivity index (χ1v) is 10.3. The summed E-state index contributed by atoms with van der Waals surface area (Å²) in [5, 5.41) is 5.27. The number of imide groups is 1. The Bertz CT molecular complexity index is 785. The molecule has 1 aromatic rings. The first-order chi connectivity index (χ1) is 13.8. The van der Waals surface area contributed by atoms with Gasteiger partial charge in [0.05, 0.1) is 0 Å². The molecule has 2 N–H and O–H groups in total. The summed E-state index contributed by atoms with van der Waals surface area (Å²) in [6.45, 7) is 4.66. The Hall–Kier alpha value is -2.70. The van der Waals surface area contributed by atoms with Crippen LogP contribution >= 0.6 is 0 Å². The second-order valence-corrected chi connectivity index (χ2v) is 8.45. The zero-order valence-electron chi connectivity index (χ0n) is 17.1. The Labute approximate surface area is 171 Å². The zero-order chi connectivity index (χ0) is 21.0. The molecule has 0 aromatic heterocycles. The third-order valence-corrected chi connectivity index (χ3v) is 5.93. The lowest BCUT2D eigenvalue weighted by atomic mass is 9.74. The quantitative estimate of drug-likeness (QED) is 0.542. The fourth-order valence-electron chi connectivity index (χ4n) is 4.37. The van der Waals surface area contributed by atoms with E-state index < -0.39 is 17.5 Å². The number of urea groups is 1. The molecule has 0 spiro atoms. The minimum Gasteiger partial charge on any atom is -0.336 e. The maximum Gasteiger partial charge on any atom is 0.322 e. The molecule has 1 aromatic carbocycles. The number of amides is 4. The maximum absolute atomic E-state index is 12.7. The van der Waals surface area contributed by atoms with Gasteiger partial charge in [0.1, 0.15) is 5.54 Å². The van der Waals surface area contributed by atoms with Gasteiger partial charge in [0.25, 0.3) is 11.8 Å². The number of aryl methyl sites for hydroxylation is 1. The average molecular weight is 399 g/mol. The largest absolute Gasteiger partial charge is 0.336 e. The van der Waals surface area contributed by atoms with Crippen LogP contribution in [0, 0.1) is 11.8 Å². The number of hydrogen-bond acceptors (Lipinski definition) is 4. The number of carbonyl (C=O) groups is 4. The summed E-state index contributed by atoms with van der Waals surface area (Å²) in [6.07, 6.45) is 2.56. The molecule has 4 amide bonds. The van der Waals surface area contributed by atoms with E-state index in [2.05, 4.69) is 10.6 Å². The minimum absolute atomic E-state index is 0.0816. The van der Waals surface area contributed by atoms with Crippen molar-refractivity contribution in [1.29, 1.82) is 0 Å². The molecule has 3 rings (SSSR count). The fourth-order valence-corrected chi connectivity index (χ4v) is 4.37. The lowest BCUT2D eigenvalue weighted by Gasteiger charge is -2.40. The molecular weight excluding hydrogens is 370 g/mol. The molecule has 0 aliphatic carbocycles. The van der Waals surface area contributed by atoms with Gasteiger partial charge < -0.3 is 10.2 Å². The van der Waals surface area contributed by atoms with Crippen molar-refractivity contribution in [3.05, 3.63) is 35.9 Å². The van der Waals surface area contributed by atoms with E-state index in [1.807, 2.05) is 44.2 Å². The summed E-state index contributed by atoms with van der Waals surface area (Å²) in [5.41, 5.74) is 0.136. The van der Waals surface area contributed by atoms with Crippen LogP contribution in [0.2, 0.25) is 0 Å². The van der Waals surface area contributed by atoms with Gasteiger partial charge in [0.15, 0.2) is 0 Å². The Balaban J connectivity index is 1.67. The number of Topliss-reactive ketones (excluding diaryl/α,β-unsaturated/α-hetero) is 1. The van der Waals surface area contributed by atoms with Crippen molar-refractivity contribution < 1.29 is 19.2 Å². The molecule has 2 aliphatic heterocycles. The third kappa shape index (κ3) is 4.66. The molecule has 2 aliphatic rings. The highest BCUT2D eigenvalue weighted by Gasteiger charge is 2.52. The van der Waals surface area contributed by atoms with Gasteiger partial charge in [-0.05, 0) is 43.1 Å². The van der Waals surface area contributed by atoms with Gasteiger partial charge in [-0.3, -0.25) is 19.7 Å². The number of nitrogens with one attached hydrogen (secondary N) is 2. The smallest absolute Gasteiger partial charge is 0.322 e. The first kappa shape index (κ1) is 21.0. The van der Waals surface area contributed by atoms with Crippen molar-refractivity contribution in [3.8, 4) is 0 Å². The number of rotatable bonds is 7. The van der Waals surface area contributed by atoms with Crippen molar-refractivity contribution in [2.45, 2.75) is 51.5 Å². The van der Waals surface area contributed by atoms with Crippen LogP contribution in [0.25, 0.3) is 0 Å². The van der Waals surface area contributed by atoms with E-state index >= 15 is 0 Å². The Kier molecular flexibility index (Phi) is 6.35. The Morgan fingerprint density at radius 2 is 1.79 bits per heavy atom. The van der Waals surface area contributed by atoms with Crippen LogP contribution in [0.15, 0.2) is 30.3 Å². The molecule has 29 heavy (non-hydrogen) atoms. The van der Waals surface area contributed by atoms with Crippen LogP contribution in [0.1, 0.15) is 45.1 Å². The van der Waals surface area contributed by atoms with Gasteiger partial charge >= 0.3 is 6.03 Å². The van der Waals surface area contributed by atoms with Crippen molar-refractivity contribution in [2.75, 3.05) is 13.1 Å². The van der Waals surface area contributed by atoms with Crippen LogP contribution < -0.4 is 10.6 Å². The normalized spacial score (nSPS) is 22.5. The molecule has 7 nitrogen and oxygen atoms in total. The van der Waals surface area contributed by atoms with Crippen molar-refractivity contribution in [3.63, 3.8) is 0 Å². The lowest BCUT2D eigenvalue weighted by Crippen LogP contribution is -2.57. The van der Waals surface area contributed by atoms with Gasteiger partial charge in [-0.25, -0.2) is 4.79 Å². The minimum atomic E-state index is -0.968. The SMILES string of the molecule is CC(C)CC(=O)C(=O)N1CCC([C@@]2(CCc3ccccc3)NC(=O)NC2=O)CC1. The molecule has 0 saturated carbocycles. The number of likely N-dealkylation sites (tertiary alicyclic amines) is 1. The van der Waals surface area contributed by atoms with Gasteiger partial charge in [0, 0.05) is 19.5 Å². The predicted molar refractivity (Wildman–Crippen MR) is 108 cm³/mol. The van der Waals surface area contributed by atoms with Crippen molar-refractivity contribution >= 4 is 23.6 Å². The molecule has 2 fully saturated rings. The number of hydrogen-bond donors (Lipinski definition) is 2. The number of nitrogens with zero attached hydrogens (tertiary/aromatic N) is 1. The Morgan fingerprint density at radius 1 is 1.14 bits per heavy atom. The molecule has 0 bridgehead atoms. The van der Waals surface area contributed by atoms with Crippen LogP contribution in [0.3, 0.4) is 0 Å². The van der Waals surface area contributed by atoms with Gasteiger partial charge in [-0.15, -0.1) is 0 Å². The monoisotopic (exact) mass is 399 g/mol. The summed E-state index contributed by atoms with van der Waals surface area (Å²) < 4.78 is 0. The first-order valence-electron chi connectivity index (χ1n) is 10.3. The average Bonchev–Trinajstić information content (AvgIpc) is 3.00. The van der Waals surface area contributed by atoms with Gasteiger partial charge in [-0.2, -0.15) is 0 Å². The van der Waals surface area contributed by atoms with Crippen LogP contribution in [-0.2, 0) is 20.8 Å². The highest BCUT2D eigenvalue weighted by molar-refractivity contribution is 6.36. The maximum atomic E-state index is 12.7. The van der Waals surface area contributed by atoms with E-state index in [9.17, 15) is 19.2 Å². The van der Waals surface area contributed by atoms with Crippen LogP contribution in [-0.4, -0.2) is 47.2 Å². The topological polar surface area (TPSA) is 95.6 Å². The molecule has 0 unspecified atom stereocenters. The highest BCUT2D eigenvalue weighted by atomic mass is 16.2. The number of piperidine rings is 1. The zero-order valence-corrected chi connectivity index (χ0v) is 17.1. The molecule has 7 heteroatoms. The summed E-state index contributed by atoms with van der Waals surface area (Å²) in [5.74, 6) is -1.02. The predicted octanol–water partition coefficient (Wildman–Crippen LogP) is 2.05. The molecule has 2 heterocycles. The second kappa shape index (κ2) is 8.76. The standard InChI is InChI=1S/C22H29N3O4/c1-15(2)14-18(26)19(27)25-12-9-17(10-13-25)22(20(28)23-21(29)24-22)11-8-16-6-4-3-5-7-16/h3-7,15,17H,8-14H2,1-2H3,(H2,23,24,28,29)/t22-/m1/s1. The highest BCUT2D eigenvalue weighted by Crippen LogP contribution is 2.34. The summed E-state index contributed by atoms with van der Waals surface area (Å²) in [7, 11) is 0. The lowest BCUT2D eigenvalue weighted by molar-refractivity contribution is -0.146. The van der Waals surface area contributed by atoms with E-state index in [1.54, 1.807) is 4.90 Å². The summed E-state index contributed by atoms with van der Waals surface area (Å²) in [4.78, 5) is 50.8. The summed E-state index contributed by atoms with van der Waals surface area (Å²) in [6, 6.07) is 9.39. The van der Waals surface area contributed by atoms with E-state index in [1.165, 1.54) is 0 Å². The summed E-state index contributed by atoms with van der Waals surface area (Å²) >= 11 is 0. The molecule has 1 atom stereocenters. The van der Waals surface area contributed by atoms with E-state index in [0.29, 0.717) is 38.8 Å². The van der Waals surface area contributed by atoms with Crippen LogP contribution in [0.4, 0.5) is 4.79 Å². The molecule has 2 saturated heterocycles. The van der Waals surface area contributed by atoms with Crippen LogP contribution in [0.5, 0.6) is 0 Å². The fraction of sp³-hybridized carbons (Fsp3) is 0.545. The second-order valence-electron chi connectivity index (χ2n) is 8.45. The molecule has 0 radical (unpaired) electrons. The van der Waals surface area contributed by atoms with E-state index in [0.717, 1.165) is 5.56 Å². The molecular formula is C22H29N3O4. The number of carbonyl (C=O) groups excluding carboxylic acids is 4. The number of benzene rings is 1. The van der Waals surface area contributed by atoms with Gasteiger partial charge in [0.2, 0.25) is 5.78 Å². The van der Waals surface area contributed by atoms with Crippen molar-refractivity contribution in [2.24, 2.45) is 11.8 Å². The number of ketones is 1. The van der Waals surface area contributed by atoms with Gasteiger partial charge in [-0.1, -0.05) is 44.2 Å². The van der Waals surface area contributed by atoms with E-state index in [-0.39, 0.29) is 29.9 Å². The van der Waals surface area contributed by atoms with E-state index in [4.69, 9.17) is 0 Å². The molecule has 156 valence electrons.